The summed E-state index contributed by atoms with van der Waals surface area (Å²) in [6.07, 6.45) is 3.95. The molecule has 0 radical (unpaired) electrons. The first-order chi connectivity index (χ1) is 9.34. The summed E-state index contributed by atoms with van der Waals surface area (Å²) in [5, 5.41) is 4.65. The Hall–Kier alpha value is -2.01. The number of hydrogen-bond donors (Lipinski definition) is 1. The van der Waals surface area contributed by atoms with Crippen molar-refractivity contribution in [3.05, 3.63) is 23.3 Å². The van der Waals surface area contributed by atoms with Crippen LogP contribution < -0.4 is 10.5 Å². The Morgan fingerprint density at radius 1 is 1.21 bits per heavy atom. The fourth-order valence-electron chi connectivity index (χ4n) is 2.85. The van der Waals surface area contributed by atoms with E-state index < -0.39 is 0 Å². The number of hydrogen-bond acceptors (Lipinski definition) is 5. The maximum absolute atomic E-state index is 5.86. The second kappa shape index (κ2) is 3.99. The molecule has 0 fully saturated rings. The molecule has 1 aromatic carbocycles. The third-order valence-corrected chi connectivity index (χ3v) is 3.75. The van der Waals surface area contributed by atoms with Crippen LogP contribution in [0, 0.1) is 0 Å². The molecule has 1 aromatic heterocycles. The zero-order valence-corrected chi connectivity index (χ0v) is 10.4. The number of nitrogens with two attached hydrogens (primary N) is 1. The smallest absolute Gasteiger partial charge is 0.178 e. The monoisotopic (exact) mass is 258 g/mol. The summed E-state index contributed by atoms with van der Waals surface area (Å²) >= 11 is 0. The predicted molar refractivity (Wildman–Crippen MR) is 71.0 cm³/mol. The van der Waals surface area contributed by atoms with Crippen molar-refractivity contribution < 1.29 is 14.0 Å². The van der Waals surface area contributed by atoms with Crippen molar-refractivity contribution in [2.24, 2.45) is 0 Å². The summed E-state index contributed by atoms with van der Waals surface area (Å²) < 4.78 is 16.4. The molecule has 0 bridgehead atoms. The molecule has 2 aliphatic rings. The molecule has 0 spiro atoms. The van der Waals surface area contributed by atoms with E-state index in [9.17, 15) is 0 Å². The highest BCUT2D eigenvalue weighted by molar-refractivity contribution is 5.97. The van der Waals surface area contributed by atoms with Crippen LogP contribution in [-0.2, 0) is 11.2 Å². The van der Waals surface area contributed by atoms with Crippen molar-refractivity contribution in [1.29, 1.82) is 0 Å². The van der Waals surface area contributed by atoms with Gasteiger partial charge in [-0.05, 0) is 23.6 Å². The van der Waals surface area contributed by atoms with E-state index in [4.69, 9.17) is 19.7 Å². The molecule has 3 heterocycles. The average Bonchev–Trinajstić information content (AvgIpc) is 3.05. The highest BCUT2D eigenvalue weighted by Crippen LogP contribution is 2.42. The Bertz CT molecular complexity index is 688. The van der Waals surface area contributed by atoms with Gasteiger partial charge < -0.3 is 19.7 Å². The lowest BCUT2D eigenvalue weighted by molar-refractivity contribution is 0.161. The fraction of sp³-hybridized carbons (Fsp3) is 0.357. The Morgan fingerprint density at radius 2 is 2.16 bits per heavy atom. The van der Waals surface area contributed by atoms with E-state index in [2.05, 4.69) is 11.2 Å². The van der Waals surface area contributed by atoms with E-state index >= 15 is 0 Å². The molecule has 0 aliphatic carbocycles. The second-order valence-corrected chi connectivity index (χ2v) is 4.83. The van der Waals surface area contributed by atoms with Crippen LogP contribution in [0.2, 0.25) is 0 Å². The van der Waals surface area contributed by atoms with Crippen LogP contribution in [0.25, 0.3) is 16.5 Å². The fourth-order valence-corrected chi connectivity index (χ4v) is 2.85. The van der Waals surface area contributed by atoms with Crippen LogP contribution in [0.5, 0.6) is 5.75 Å². The minimum atomic E-state index is 0.403. The molecule has 4 rings (SSSR count). The Labute approximate surface area is 109 Å². The second-order valence-electron chi connectivity index (χ2n) is 4.83. The van der Waals surface area contributed by atoms with Gasteiger partial charge in [0.25, 0.3) is 0 Å². The number of aromatic nitrogens is 1. The van der Waals surface area contributed by atoms with E-state index in [1.807, 2.05) is 6.07 Å². The number of ether oxygens (including phenoxy) is 2. The van der Waals surface area contributed by atoms with Crippen molar-refractivity contribution in [3.63, 3.8) is 0 Å². The lowest BCUT2D eigenvalue weighted by atomic mass is 9.93. The van der Waals surface area contributed by atoms with Gasteiger partial charge in [-0.3, -0.25) is 0 Å². The SMILES string of the molecule is Nc1noc2cc(C3=CCOCC3)c3c(c12)OCC3. The van der Waals surface area contributed by atoms with Gasteiger partial charge in [0.2, 0.25) is 0 Å². The van der Waals surface area contributed by atoms with Gasteiger partial charge in [-0.2, -0.15) is 0 Å². The first-order valence-corrected chi connectivity index (χ1v) is 6.45. The van der Waals surface area contributed by atoms with Crippen molar-refractivity contribution in [2.45, 2.75) is 12.8 Å². The van der Waals surface area contributed by atoms with Crippen LogP contribution in [0.3, 0.4) is 0 Å². The summed E-state index contributed by atoms with van der Waals surface area (Å²) in [6.45, 7) is 2.12. The van der Waals surface area contributed by atoms with Gasteiger partial charge in [-0.15, -0.1) is 0 Å². The summed E-state index contributed by atoms with van der Waals surface area (Å²) in [4.78, 5) is 0. The molecular formula is C14H14N2O3. The highest BCUT2D eigenvalue weighted by Gasteiger charge is 2.25. The largest absolute Gasteiger partial charge is 0.492 e. The molecule has 5 heteroatoms. The molecule has 5 nitrogen and oxygen atoms in total. The first-order valence-electron chi connectivity index (χ1n) is 6.45. The summed E-state index contributed by atoms with van der Waals surface area (Å²) in [5.41, 5.74) is 10.3. The molecule has 2 aliphatic heterocycles. The van der Waals surface area contributed by atoms with E-state index in [0.717, 1.165) is 30.6 Å². The normalized spacial score (nSPS) is 18.2. The minimum absolute atomic E-state index is 0.403. The van der Waals surface area contributed by atoms with Crippen LogP contribution >= 0.6 is 0 Å². The van der Waals surface area contributed by atoms with Crippen molar-refractivity contribution in [2.75, 3.05) is 25.6 Å². The number of nitrogen functional groups attached to an aromatic ring is 1. The van der Waals surface area contributed by atoms with E-state index in [0.29, 0.717) is 24.6 Å². The Morgan fingerprint density at radius 3 is 3.00 bits per heavy atom. The number of nitrogens with zero attached hydrogens (tertiary/aromatic N) is 1. The van der Waals surface area contributed by atoms with E-state index in [1.165, 1.54) is 16.7 Å². The zero-order valence-electron chi connectivity index (χ0n) is 10.4. The van der Waals surface area contributed by atoms with Gasteiger partial charge in [0.05, 0.1) is 19.8 Å². The molecule has 98 valence electrons. The van der Waals surface area contributed by atoms with Gasteiger partial charge in [0.15, 0.2) is 11.4 Å². The Balaban J connectivity index is 1.99. The first kappa shape index (κ1) is 10.9. The molecular weight excluding hydrogens is 244 g/mol. The molecule has 2 N–H and O–H groups in total. The number of fused-ring (bicyclic) bond motifs is 3. The maximum atomic E-state index is 5.86. The van der Waals surface area contributed by atoms with Crippen molar-refractivity contribution in [3.8, 4) is 5.75 Å². The lowest BCUT2D eigenvalue weighted by Crippen LogP contribution is -2.05. The molecule has 0 saturated carbocycles. The topological polar surface area (TPSA) is 70.5 Å². The van der Waals surface area contributed by atoms with Crippen LogP contribution in [0.1, 0.15) is 17.5 Å². The van der Waals surface area contributed by atoms with Crippen LogP contribution in [0.15, 0.2) is 16.7 Å². The molecule has 0 atom stereocenters. The minimum Gasteiger partial charge on any atom is -0.492 e. The summed E-state index contributed by atoms with van der Waals surface area (Å²) in [5.74, 6) is 1.25. The van der Waals surface area contributed by atoms with Gasteiger partial charge >= 0.3 is 0 Å². The quantitative estimate of drug-likeness (QED) is 0.848. The molecule has 2 aromatic rings. The number of benzene rings is 1. The molecule has 19 heavy (non-hydrogen) atoms. The molecule has 0 unspecified atom stereocenters. The molecule has 0 amide bonds. The third-order valence-electron chi connectivity index (χ3n) is 3.75. The van der Waals surface area contributed by atoms with E-state index in [1.54, 1.807) is 0 Å². The van der Waals surface area contributed by atoms with Gasteiger partial charge in [0.1, 0.15) is 11.1 Å². The standard InChI is InChI=1S/C14H14N2O3/c15-14-12-11(19-16-14)7-10(8-1-4-17-5-2-8)9-3-6-18-13(9)12/h1,7H,2-6H2,(H2,15,16). The van der Waals surface area contributed by atoms with E-state index in [-0.39, 0.29) is 0 Å². The lowest BCUT2D eigenvalue weighted by Gasteiger charge is -2.16. The zero-order chi connectivity index (χ0) is 12.8. The Kier molecular flexibility index (Phi) is 2.29. The van der Waals surface area contributed by atoms with Gasteiger partial charge in [-0.1, -0.05) is 11.2 Å². The highest BCUT2D eigenvalue weighted by atomic mass is 16.5. The van der Waals surface area contributed by atoms with Gasteiger partial charge in [0, 0.05) is 12.0 Å². The number of anilines is 1. The third kappa shape index (κ3) is 1.55. The van der Waals surface area contributed by atoms with Crippen LogP contribution in [0.4, 0.5) is 5.82 Å². The van der Waals surface area contributed by atoms with Gasteiger partial charge in [-0.25, -0.2) is 0 Å². The van der Waals surface area contributed by atoms with Crippen molar-refractivity contribution in [1.82, 2.24) is 5.16 Å². The molecule has 0 saturated heterocycles. The average molecular weight is 258 g/mol. The van der Waals surface area contributed by atoms with Crippen molar-refractivity contribution >= 4 is 22.4 Å². The summed E-state index contributed by atoms with van der Waals surface area (Å²) in [6, 6.07) is 2.03. The van der Waals surface area contributed by atoms with Crippen LogP contribution in [-0.4, -0.2) is 25.0 Å². The number of rotatable bonds is 1. The predicted octanol–water partition coefficient (Wildman–Crippen LogP) is 2.15. The summed E-state index contributed by atoms with van der Waals surface area (Å²) in [7, 11) is 0. The maximum Gasteiger partial charge on any atom is 0.178 e.